The van der Waals surface area contributed by atoms with Gasteiger partial charge in [0.05, 0.1) is 11.7 Å². The zero-order chi connectivity index (χ0) is 24.2. The number of ketones is 1. The zero-order valence-corrected chi connectivity index (χ0v) is 19.9. The summed E-state index contributed by atoms with van der Waals surface area (Å²) in [5, 5.41) is 54.6. The molecular weight excluding hydrogens is 420 g/mol. The highest BCUT2D eigenvalue weighted by Crippen LogP contribution is 2.53. The summed E-state index contributed by atoms with van der Waals surface area (Å²) in [5.74, 6) is -1.33. The predicted molar refractivity (Wildman–Crippen MR) is 125 cm³/mol. The van der Waals surface area contributed by atoms with Crippen LogP contribution in [0.1, 0.15) is 74.9 Å². The maximum absolute atomic E-state index is 13.6. The van der Waals surface area contributed by atoms with Crippen molar-refractivity contribution >= 4 is 5.78 Å². The van der Waals surface area contributed by atoms with Crippen LogP contribution in [0.5, 0.6) is 5.75 Å². The standard InChI is InChI=1S/C27H36O6/c1-5-13(2)6-7-16-8-9-20(29)23-19(16)12-17-11-18-10-14(3)21(15(4)28)25(31)27(18,33)26(32)22(17)24(23)30/h8-9,13,15,17-18,25,28-29,31-33H,5-7,10-12H2,1-4H3. The van der Waals surface area contributed by atoms with E-state index in [1.807, 2.05) is 13.0 Å². The Morgan fingerprint density at radius 1 is 1.18 bits per heavy atom. The molecular formula is C27H36O6. The second-order valence-electron chi connectivity index (χ2n) is 10.4. The Morgan fingerprint density at radius 2 is 1.88 bits per heavy atom. The molecule has 3 aliphatic carbocycles. The van der Waals surface area contributed by atoms with Crippen LogP contribution in [-0.4, -0.2) is 49.1 Å². The van der Waals surface area contributed by atoms with Crippen LogP contribution in [0.15, 0.2) is 34.6 Å². The third kappa shape index (κ3) is 3.63. The molecule has 5 N–H and O–H groups in total. The lowest BCUT2D eigenvalue weighted by Gasteiger charge is -2.50. The number of Topliss-reactive ketones (excluding diaryl/α,β-unsaturated/α-hetero) is 1. The molecule has 6 atom stereocenters. The number of hydrogen-bond acceptors (Lipinski definition) is 6. The number of fused-ring (bicyclic) bond motifs is 3. The number of carbonyl (C=O) groups excluding carboxylic acids is 1. The van der Waals surface area contributed by atoms with Gasteiger partial charge >= 0.3 is 0 Å². The molecule has 4 rings (SSSR count). The third-order valence-corrected chi connectivity index (χ3v) is 8.35. The monoisotopic (exact) mass is 456 g/mol. The highest BCUT2D eigenvalue weighted by molar-refractivity contribution is 6.13. The number of allylic oxidation sites excluding steroid dienone is 2. The maximum Gasteiger partial charge on any atom is 0.196 e. The number of rotatable bonds is 5. The number of aliphatic hydroxyl groups excluding tert-OH is 3. The molecule has 6 nitrogen and oxygen atoms in total. The number of carbonyl (C=O) groups is 1. The average molecular weight is 457 g/mol. The third-order valence-electron chi connectivity index (χ3n) is 8.35. The molecule has 180 valence electrons. The number of phenolic OH excluding ortho intramolecular Hbond substituents is 1. The van der Waals surface area contributed by atoms with Gasteiger partial charge in [0.15, 0.2) is 11.4 Å². The fraction of sp³-hybridized carbons (Fsp3) is 0.593. The Kier molecular flexibility index (Phi) is 6.23. The van der Waals surface area contributed by atoms with Crippen molar-refractivity contribution in [1.29, 1.82) is 0 Å². The number of aliphatic hydroxyl groups is 4. The van der Waals surface area contributed by atoms with E-state index in [0.717, 1.165) is 36.0 Å². The largest absolute Gasteiger partial charge is 0.509 e. The fourth-order valence-electron chi connectivity index (χ4n) is 6.24. The summed E-state index contributed by atoms with van der Waals surface area (Å²) >= 11 is 0. The molecule has 6 heteroatoms. The fourth-order valence-corrected chi connectivity index (χ4v) is 6.24. The molecule has 0 heterocycles. The first-order chi connectivity index (χ1) is 15.5. The normalized spacial score (nSPS) is 31.1. The number of hydrogen-bond donors (Lipinski definition) is 5. The lowest BCUT2D eigenvalue weighted by molar-refractivity contribution is -0.119. The van der Waals surface area contributed by atoms with Crippen LogP contribution in [0.4, 0.5) is 0 Å². The van der Waals surface area contributed by atoms with E-state index < -0.39 is 35.3 Å². The van der Waals surface area contributed by atoms with E-state index in [2.05, 4.69) is 13.8 Å². The Bertz CT molecular complexity index is 1040. The molecule has 0 fully saturated rings. The summed E-state index contributed by atoms with van der Waals surface area (Å²) in [6.07, 6.45) is 1.74. The predicted octanol–water partition coefficient (Wildman–Crippen LogP) is 3.75. The minimum atomic E-state index is -2.03. The topological polar surface area (TPSA) is 118 Å². The van der Waals surface area contributed by atoms with Gasteiger partial charge in [-0.05, 0) is 80.6 Å². The van der Waals surface area contributed by atoms with Gasteiger partial charge in [-0.3, -0.25) is 4.79 Å². The molecule has 0 aliphatic heterocycles. The minimum absolute atomic E-state index is 0.0826. The molecule has 0 saturated carbocycles. The SMILES string of the molecule is CCC(C)CCc1ccc(O)c2c1CC1CC3CC(C)=C(C(C)O)C(O)C3(O)C(O)=C1C2=O. The van der Waals surface area contributed by atoms with Gasteiger partial charge in [0.2, 0.25) is 0 Å². The van der Waals surface area contributed by atoms with E-state index in [1.165, 1.54) is 13.0 Å². The first-order valence-corrected chi connectivity index (χ1v) is 12.1. The van der Waals surface area contributed by atoms with Crippen LogP contribution in [0, 0.1) is 17.8 Å². The van der Waals surface area contributed by atoms with Crippen molar-refractivity contribution in [3.05, 3.63) is 51.3 Å². The van der Waals surface area contributed by atoms with Gasteiger partial charge in [0.25, 0.3) is 0 Å². The molecule has 0 spiro atoms. The van der Waals surface area contributed by atoms with Crippen molar-refractivity contribution in [3.63, 3.8) is 0 Å². The van der Waals surface area contributed by atoms with E-state index >= 15 is 0 Å². The molecule has 6 unspecified atom stereocenters. The molecule has 0 saturated heterocycles. The Balaban J connectivity index is 1.80. The maximum atomic E-state index is 13.6. The molecule has 1 aromatic carbocycles. The molecule has 1 aromatic rings. The van der Waals surface area contributed by atoms with Crippen LogP contribution in [-0.2, 0) is 12.8 Å². The molecule has 0 bridgehead atoms. The number of phenols is 1. The second kappa shape index (κ2) is 8.57. The van der Waals surface area contributed by atoms with Crippen molar-refractivity contribution in [1.82, 2.24) is 0 Å². The van der Waals surface area contributed by atoms with Crippen LogP contribution < -0.4 is 0 Å². The van der Waals surface area contributed by atoms with Crippen molar-refractivity contribution in [2.24, 2.45) is 17.8 Å². The van der Waals surface area contributed by atoms with Crippen molar-refractivity contribution in [2.45, 2.75) is 84.0 Å². The first-order valence-electron chi connectivity index (χ1n) is 12.1. The van der Waals surface area contributed by atoms with Crippen molar-refractivity contribution in [3.8, 4) is 5.75 Å². The Morgan fingerprint density at radius 3 is 2.52 bits per heavy atom. The van der Waals surface area contributed by atoms with Crippen LogP contribution in [0.25, 0.3) is 0 Å². The lowest BCUT2D eigenvalue weighted by atomic mass is 9.58. The summed E-state index contributed by atoms with van der Waals surface area (Å²) in [7, 11) is 0. The van der Waals surface area contributed by atoms with Crippen molar-refractivity contribution < 1.29 is 30.3 Å². The summed E-state index contributed by atoms with van der Waals surface area (Å²) in [4.78, 5) is 13.6. The number of benzene rings is 1. The van der Waals surface area contributed by atoms with Gasteiger partial charge in [0.1, 0.15) is 17.6 Å². The van der Waals surface area contributed by atoms with Gasteiger partial charge in [-0.1, -0.05) is 31.9 Å². The highest BCUT2D eigenvalue weighted by Gasteiger charge is 2.58. The lowest BCUT2D eigenvalue weighted by Crippen LogP contribution is -2.59. The first kappa shape index (κ1) is 24.0. The van der Waals surface area contributed by atoms with E-state index in [0.29, 0.717) is 25.2 Å². The summed E-state index contributed by atoms with van der Waals surface area (Å²) in [6.45, 7) is 7.70. The highest BCUT2D eigenvalue weighted by atomic mass is 16.4. The second-order valence-corrected chi connectivity index (χ2v) is 10.4. The molecule has 33 heavy (non-hydrogen) atoms. The molecule has 3 aliphatic rings. The smallest absolute Gasteiger partial charge is 0.196 e. The summed E-state index contributed by atoms with van der Waals surface area (Å²) < 4.78 is 0. The van der Waals surface area contributed by atoms with Crippen molar-refractivity contribution in [2.75, 3.05) is 0 Å². The number of aryl methyl sites for hydroxylation is 1. The van der Waals surface area contributed by atoms with Gasteiger partial charge in [0, 0.05) is 11.5 Å². The van der Waals surface area contributed by atoms with E-state index in [-0.39, 0.29) is 28.4 Å². The Hall–Kier alpha value is -2.15. The zero-order valence-electron chi connectivity index (χ0n) is 19.9. The van der Waals surface area contributed by atoms with Gasteiger partial charge in [-0.15, -0.1) is 0 Å². The molecule has 0 amide bonds. The van der Waals surface area contributed by atoms with Gasteiger partial charge in [-0.2, -0.15) is 0 Å². The van der Waals surface area contributed by atoms with E-state index in [9.17, 15) is 30.3 Å². The summed E-state index contributed by atoms with van der Waals surface area (Å²) in [5.41, 5.74) is 1.23. The molecule has 0 aromatic heterocycles. The average Bonchev–Trinajstić information content (AvgIpc) is 2.75. The number of aromatic hydroxyl groups is 1. The Labute approximate surface area is 195 Å². The van der Waals surface area contributed by atoms with Crippen LogP contribution >= 0.6 is 0 Å². The van der Waals surface area contributed by atoms with Crippen LogP contribution in [0.3, 0.4) is 0 Å². The van der Waals surface area contributed by atoms with E-state index in [4.69, 9.17) is 0 Å². The van der Waals surface area contributed by atoms with Gasteiger partial charge in [-0.25, -0.2) is 0 Å². The quantitative estimate of drug-likeness (QED) is 0.431. The van der Waals surface area contributed by atoms with Gasteiger partial charge < -0.3 is 25.5 Å². The van der Waals surface area contributed by atoms with Crippen LogP contribution in [0.2, 0.25) is 0 Å². The summed E-state index contributed by atoms with van der Waals surface area (Å²) in [6, 6.07) is 3.43. The minimum Gasteiger partial charge on any atom is -0.509 e. The van der Waals surface area contributed by atoms with E-state index in [1.54, 1.807) is 0 Å². The molecule has 0 radical (unpaired) electrons.